The highest BCUT2D eigenvalue weighted by Gasteiger charge is 2.23. The second-order valence-electron chi connectivity index (χ2n) is 7.77. The number of rotatable bonds is 8. The van der Waals surface area contributed by atoms with Crippen LogP contribution in [0.1, 0.15) is 35.0 Å². The second-order valence-corrected chi connectivity index (χ2v) is 8.21. The molecule has 0 amide bonds. The summed E-state index contributed by atoms with van der Waals surface area (Å²) in [5.74, 6) is 6.92. The Labute approximate surface area is 204 Å². The molecule has 0 saturated heterocycles. The lowest BCUT2D eigenvalue weighted by Crippen LogP contribution is -2.33. The van der Waals surface area contributed by atoms with Crippen molar-refractivity contribution in [2.75, 3.05) is 14.2 Å². The third-order valence-electron chi connectivity index (χ3n) is 5.55. The van der Waals surface area contributed by atoms with Gasteiger partial charge in [-0.1, -0.05) is 36.7 Å². The number of benzene rings is 2. The third kappa shape index (κ3) is 5.32. The largest absolute Gasteiger partial charge is 0.497 e. The number of hydrazine groups is 1. The number of halogens is 1. The lowest BCUT2D eigenvalue weighted by atomic mass is 10.0. The Morgan fingerprint density at radius 2 is 1.94 bits per heavy atom. The number of ketones is 1. The standard InChI is InChI=1S/C26H30ClN5O2/c1-5-6-7-24(30-3)32(29)16-22(28)26(33)25-17(2)31(15-18-8-10-19(27)11-9-18)23-13-12-20(34-4)14-21(23)25/h6-14,16H,5,15,28-29H2,1-4H3/b7-6-,22-16-,30-24?. The number of aromatic nitrogens is 1. The van der Waals surface area contributed by atoms with E-state index < -0.39 is 0 Å². The molecule has 3 aromatic rings. The highest BCUT2D eigenvalue weighted by Crippen LogP contribution is 2.31. The summed E-state index contributed by atoms with van der Waals surface area (Å²) in [7, 11) is 3.22. The van der Waals surface area contributed by atoms with Gasteiger partial charge in [-0.3, -0.25) is 14.8 Å². The van der Waals surface area contributed by atoms with Gasteiger partial charge in [0.25, 0.3) is 0 Å². The van der Waals surface area contributed by atoms with Crippen LogP contribution in [0.2, 0.25) is 5.02 Å². The third-order valence-corrected chi connectivity index (χ3v) is 5.80. The van der Waals surface area contributed by atoms with E-state index in [0.717, 1.165) is 28.6 Å². The molecule has 0 aliphatic rings. The molecule has 1 aromatic heterocycles. The average molecular weight is 480 g/mol. The summed E-state index contributed by atoms with van der Waals surface area (Å²) in [5, 5.41) is 2.68. The first-order chi connectivity index (χ1) is 16.3. The minimum atomic E-state index is -0.323. The Bertz CT molecular complexity index is 1270. The highest BCUT2D eigenvalue weighted by molar-refractivity contribution is 6.30. The zero-order valence-electron chi connectivity index (χ0n) is 19.9. The molecule has 3 rings (SSSR count). The molecule has 1 heterocycles. The molecule has 0 aliphatic carbocycles. The molecule has 2 aromatic carbocycles. The summed E-state index contributed by atoms with van der Waals surface area (Å²) in [6.45, 7) is 4.49. The van der Waals surface area contributed by atoms with E-state index >= 15 is 0 Å². The molecule has 0 spiro atoms. The fraction of sp³-hybridized carbons (Fsp3) is 0.231. The minimum absolute atomic E-state index is 0.00464. The number of carbonyl (C=O) groups is 1. The summed E-state index contributed by atoms with van der Waals surface area (Å²) < 4.78 is 7.50. The second kappa shape index (κ2) is 11.0. The van der Waals surface area contributed by atoms with Crippen LogP contribution in [-0.2, 0) is 6.54 Å². The maximum atomic E-state index is 13.5. The van der Waals surface area contributed by atoms with Crippen LogP contribution in [0, 0.1) is 6.92 Å². The Kier molecular flexibility index (Phi) is 8.15. The van der Waals surface area contributed by atoms with Crippen LogP contribution in [0.5, 0.6) is 5.75 Å². The van der Waals surface area contributed by atoms with E-state index in [1.807, 2.05) is 62.4 Å². The molecule has 0 radical (unpaired) electrons. The zero-order chi connectivity index (χ0) is 24.8. The average Bonchev–Trinajstić information content (AvgIpc) is 3.10. The van der Waals surface area contributed by atoms with Crippen molar-refractivity contribution in [2.24, 2.45) is 16.6 Å². The van der Waals surface area contributed by atoms with Crippen molar-refractivity contribution in [1.82, 2.24) is 9.58 Å². The summed E-state index contributed by atoms with van der Waals surface area (Å²) in [5.41, 5.74) is 9.49. The Hall–Kier alpha value is -3.55. The SMILES string of the molecule is CC/C=C\C(=NC)N(N)/C=C(\N)C(=O)c1c(C)n(Cc2ccc(Cl)cc2)c2ccc(OC)cc12. The number of allylic oxidation sites excluding steroid dienone is 2. The van der Waals surface area contributed by atoms with Crippen molar-refractivity contribution in [3.05, 3.63) is 88.4 Å². The molecule has 0 bridgehead atoms. The van der Waals surface area contributed by atoms with Gasteiger partial charge >= 0.3 is 0 Å². The Morgan fingerprint density at radius 3 is 2.56 bits per heavy atom. The number of aliphatic imine (C=N–C) groups is 1. The molecule has 0 fully saturated rings. The van der Waals surface area contributed by atoms with Gasteiger partial charge in [-0.15, -0.1) is 0 Å². The Balaban J connectivity index is 2.08. The molecular formula is C26H30ClN5O2. The number of nitrogens with zero attached hydrogens (tertiary/aromatic N) is 3. The number of hydrogen-bond donors (Lipinski definition) is 2. The van der Waals surface area contributed by atoms with Crippen molar-refractivity contribution in [3.63, 3.8) is 0 Å². The van der Waals surface area contributed by atoms with Gasteiger partial charge in [0, 0.05) is 35.2 Å². The molecule has 34 heavy (non-hydrogen) atoms. The van der Waals surface area contributed by atoms with Gasteiger partial charge in [0.1, 0.15) is 11.6 Å². The summed E-state index contributed by atoms with van der Waals surface area (Å²) in [6.07, 6.45) is 5.93. The molecule has 4 N–H and O–H groups in total. The molecule has 0 aliphatic heterocycles. The van der Waals surface area contributed by atoms with Crippen molar-refractivity contribution in [2.45, 2.75) is 26.8 Å². The predicted molar refractivity (Wildman–Crippen MR) is 139 cm³/mol. The normalized spacial score (nSPS) is 12.5. The first kappa shape index (κ1) is 25.1. The van der Waals surface area contributed by atoms with Gasteiger partial charge in [-0.05, 0) is 55.3 Å². The topological polar surface area (TPSA) is 98.9 Å². The van der Waals surface area contributed by atoms with E-state index in [0.29, 0.717) is 28.7 Å². The number of ether oxygens (including phenoxy) is 1. The van der Waals surface area contributed by atoms with Crippen LogP contribution in [0.4, 0.5) is 0 Å². The number of carbonyl (C=O) groups excluding carboxylic acids is 1. The van der Waals surface area contributed by atoms with Crippen molar-refractivity contribution in [3.8, 4) is 5.75 Å². The molecule has 8 heteroatoms. The van der Waals surface area contributed by atoms with Crippen LogP contribution < -0.4 is 16.3 Å². The molecule has 0 saturated carbocycles. The summed E-state index contributed by atoms with van der Waals surface area (Å²) >= 11 is 6.04. The van der Waals surface area contributed by atoms with Gasteiger partial charge in [0.2, 0.25) is 5.78 Å². The van der Waals surface area contributed by atoms with Crippen LogP contribution in [-0.4, -0.2) is 35.4 Å². The zero-order valence-corrected chi connectivity index (χ0v) is 20.6. The number of fused-ring (bicyclic) bond motifs is 1. The van der Waals surface area contributed by atoms with Crippen molar-refractivity contribution in [1.29, 1.82) is 0 Å². The molecule has 178 valence electrons. The quantitative estimate of drug-likeness (QED) is 0.121. The summed E-state index contributed by atoms with van der Waals surface area (Å²) in [4.78, 5) is 17.7. The van der Waals surface area contributed by atoms with Gasteiger partial charge in [0.15, 0.2) is 0 Å². The summed E-state index contributed by atoms with van der Waals surface area (Å²) in [6, 6.07) is 13.3. The van der Waals surface area contributed by atoms with E-state index in [4.69, 9.17) is 27.9 Å². The van der Waals surface area contributed by atoms with E-state index in [2.05, 4.69) is 9.56 Å². The van der Waals surface area contributed by atoms with Crippen molar-refractivity contribution >= 4 is 34.1 Å². The number of nitrogens with two attached hydrogens (primary N) is 2. The van der Waals surface area contributed by atoms with Crippen LogP contribution in [0.3, 0.4) is 0 Å². The highest BCUT2D eigenvalue weighted by atomic mass is 35.5. The fourth-order valence-corrected chi connectivity index (χ4v) is 3.90. The van der Waals surface area contributed by atoms with E-state index in [9.17, 15) is 4.79 Å². The molecule has 7 nitrogen and oxygen atoms in total. The van der Waals surface area contributed by atoms with Crippen LogP contribution in [0.25, 0.3) is 10.9 Å². The van der Waals surface area contributed by atoms with Crippen LogP contribution >= 0.6 is 11.6 Å². The number of amidine groups is 1. The van der Waals surface area contributed by atoms with E-state index in [1.54, 1.807) is 20.2 Å². The lowest BCUT2D eigenvalue weighted by molar-refractivity contribution is 0.103. The smallest absolute Gasteiger partial charge is 0.212 e. The number of Topliss-reactive ketones (excluding diaryl/α,β-unsaturated/α-hetero) is 1. The number of methoxy groups -OCH3 is 1. The Morgan fingerprint density at radius 1 is 1.24 bits per heavy atom. The lowest BCUT2D eigenvalue weighted by Gasteiger charge is -2.14. The first-order valence-corrected chi connectivity index (χ1v) is 11.3. The van der Waals surface area contributed by atoms with E-state index in [-0.39, 0.29) is 11.5 Å². The fourth-order valence-electron chi connectivity index (χ4n) is 3.77. The predicted octanol–water partition coefficient (Wildman–Crippen LogP) is 4.81. The monoisotopic (exact) mass is 479 g/mol. The van der Waals surface area contributed by atoms with E-state index in [1.165, 1.54) is 11.2 Å². The maximum Gasteiger partial charge on any atom is 0.212 e. The molecule has 0 atom stereocenters. The first-order valence-electron chi connectivity index (χ1n) is 10.9. The number of hydrogen-bond acceptors (Lipinski definition) is 5. The maximum absolute atomic E-state index is 13.5. The van der Waals surface area contributed by atoms with Gasteiger partial charge in [-0.2, -0.15) is 0 Å². The minimum Gasteiger partial charge on any atom is -0.497 e. The molecular weight excluding hydrogens is 450 g/mol. The van der Waals surface area contributed by atoms with Gasteiger partial charge < -0.3 is 15.0 Å². The molecule has 0 unspecified atom stereocenters. The van der Waals surface area contributed by atoms with Gasteiger partial charge in [0.05, 0.1) is 24.6 Å². The van der Waals surface area contributed by atoms with Crippen molar-refractivity contribution < 1.29 is 9.53 Å². The van der Waals surface area contributed by atoms with Gasteiger partial charge in [-0.25, -0.2) is 5.84 Å². The van der Waals surface area contributed by atoms with Crippen LogP contribution in [0.15, 0.2) is 71.5 Å².